The molecule has 0 aromatic heterocycles. The van der Waals surface area contributed by atoms with E-state index >= 15 is 0 Å². The molecule has 106 valence electrons. The SMILES string of the molecule is COc1cc(C)c(C(Br)c2cccc(Cl)c2)cc1OC. The normalized spacial score (nSPS) is 12.1. The molecule has 1 unspecified atom stereocenters. The minimum absolute atomic E-state index is 0.0565. The molecule has 2 aromatic carbocycles. The first-order chi connectivity index (χ1) is 9.56. The first-order valence-electron chi connectivity index (χ1n) is 6.19. The Kier molecular flexibility index (Phi) is 4.95. The van der Waals surface area contributed by atoms with Gasteiger partial charge >= 0.3 is 0 Å². The lowest BCUT2D eigenvalue weighted by Gasteiger charge is -2.17. The number of hydrogen-bond donors (Lipinski definition) is 0. The van der Waals surface area contributed by atoms with E-state index in [9.17, 15) is 0 Å². The summed E-state index contributed by atoms with van der Waals surface area (Å²) in [6.07, 6.45) is 0. The molecule has 2 aromatic rings. The van der Waals surface area contributed by atoms with Crippen LogP contribution in [0.25, 0.3) is 0 Å². The zero-order valence-electron chi connectivity index (χ0n) is 11.6. The highest BCUT2D eigenvalue weighted by Crippen LogP contribution is 2.39. The average Bonchev–Trinajstić information content (AvgIpc) is 2.46. The zero-order chi connectivity index (χ0) is 14.7. The maximum Gasteiger partial charge on any atom is 0.161 e. The van der Waals surface area contributed by atoms with Crippen LogP contribution in [0.4, 0.5) is 0 Å². The molecule has 4 heteroatoms. The van der Waals surface area contributed by atoms with Gasteiger partial charge in [-0.2, -0.15) is 0 Å². The molecule has 0 bridgehead atoms. The maximum atomic E-state index is 6.06. The molecule has 0 saturated carbocycles. The number of hydrogen-bond acceptors (Lipinski definition) is 2. The van der Waals surface area contributed by atoms with Gasteiger partial charge in [0, 0.05) is 5.02 Å². The van der Waals surface area contributed by atoms with Crippen molar-refractivity contribution >= 4 is 27.5 Å². The van der Waals surface area contributed by atoms with Gasteiger partial charge in [-0.3, -0.25) is 0 Å². The topological polar surface area (TPSA) is 18.5 Å². The van der Waals surface area contributed by atoms with E-state index in [1.54, 1.807) is 14.2 Å². The Labute approximate surface area is 132 Å². The predicted octanol–water partition coefficient (Wildman–Crippen LogP) is 5.15. The van der Waals surface area contributed by atoms with Crippen LogP contribution in [0.2, 0.25) is 5.02 Å². The quantitative estimate of drug-likeness (QED) is 0.706. The van der Waals surface area contributed by atoms with Gasteiger partial charge in [-0.25, -0.2) is 0 Å². The summed E-state index contributed by atoms with van der Waals surface area (Å²) < 4.78 is 10.7. The van der Waals surface area contributed by atoms with Crippen LogP contribution in [-0.4, -0.2) is 14.2 Å². The lowest BCUT2D eigenvalue weighted by molar-refractivity contribution is 0.354. The molecule has 2 rings (SSSR count). The van der Waals surface area contributed by atoms with Crippen LogP contribution in [0.15, 0.2) is 36.4 Å². The third kappa shape index (κ3) is 3.10. The van der Waals surface area contributed by atoms with Gasteiger partial charge < -0.3 is 9.47 Å². The van der Waals surface area contributed by atoms with E-state index in [0.717, 1.165) is 33.2 Å². The van der Waals surface area contributed by atoms with Crippen molar-refractivity contribution in [3.05, 3.63) is 58.1 Å². The predicted molar refractivity (Wildman–Crippen MR) is 86.5 cm³/mol. The zero-order valence-corrected chi connectivity index (χ0v) is 14.0. The van der Waals surface area contributed by atoms with E-state index in [-0.39, 0.29) is 4.83 Å². The van der Waals surface area contributed by atoms with Gasteiger partial charge in [-0.05, 0) is 47.9 Å². The monoisotopic (exact) mass is 354 g/mol. The summed E-state index contributed by atoms with van der Waals surface area (Å²) in [4.78, 5) is 0.0565. The summed E-state index contributed by atoms with van der Waals surface area (Å²) in [5.41, 5.74) is 3.36. The van der Waals surface area contributed by atoms with Crippen LogP contribution in [0.1, 0.15) is 21.5 Å². The second-order valence-corrected chi connectivity index (χ2v) is 5.83. The average molecular weight is 356 g/mol. The number of alkyl halides is 1. The van der Waals surface area contributed by atoms with Crippen molar-refractivity contribution in [1.29, 1.82) is 0 Å². The number of ether oxygens (including phenoxy) is 2. The second kappa shape index (κ2) is 6.51. The van der Waals surface area contributed by atoms with Crippen LogP contribution < -0.4 is 9.47 Å². The van der Waals surface area contributed by atoms with Crippen molar-refractivity contribution in [1.82, 2.24) is 0 Å². The summed E-state index contributed by atoms with van der Waals surface area (Å²) in [6, 6.07) is 11.8. The number of aryl methyl sites for hydroxylation is 1. The minimum Gasteiger partial charge on any atom is -0.493 e. The van der Waals surface area contributed by atoms with Crippen LogP contribution >= 0.6 is 27.5 Å². The van der Waals surface area contributed by atoms with Gasteiger partial charge in [-0.1, -0.05) is 39.7 Å². The van der Waals surface area contributed by atoms with Crippen molar-refractivity contribution < 1.29 is 9.47 Å². The lowest BCUT2D eigenvalue weighted by atomic mass is 9.99. The first-order valence-corrected chi connectivity index (χ1v) is 7.48. The largest absolute Gasteiger partial charge is 0.493 e. The van der Waals surface area contributed by atoms with Crippen molar-refractivity contribution in [2.75, 3.05) is 14.2 Å². The Morgan fingerprint density at radius 2 is 1.70 bits per heavy atom. The first kappa shape index (κ1) is 15.2. The molecule has 0 fully saturated rings. The fourth-order valence-electron chi connectivity index (χ4n) is 2.11. The Balaban J connectivity index is 2.46. The molecule has 0 N–H and O–H groups in total. The number of methoxy groups -OCH3 is 2. The summed E-state index contributed by atoms with van der Waals surface area (Å²) in [5.74, 6) is 1.46. The maximum absolute atomic E-state index is 6.06. The van der Waals surface area contributed by atoms with Gasteiger partial charge in [-0.15, -0.1) is 0 Å². The van der Waals surface area contributed by atoms with Crippen LogP contribution in [-0.2, 0) is 0 Å². The highest BCUT2D eigenvalue weighted by atomic mass is 79.9. The van der Waals surface area contributed by atoms with Crippen LogP contribution in [0.5, 0.6) is 11.5 Å². The molecule has 2 nitrogen and oxygen atoms in total. The Bertz CT molecular complexity index is 613. The smallest absolute Gasteiger partial charge is 0.161 e. The molecule has 0 aliphatic rings. The van der Waals surface area contributed by atoms with Gasteiger partial charge in [0.15, 0.2) is 11.5 Å². The molecule has 0 radical (unpaired) electrons. The van der Waals surface area contributed by atoms with Crippen molar-refractivity contribution in [2.45, 2.75) is 11.8 Å². The van der Waals surface area contributed by atoms with Crippen molar-refractivity contribution in [2.24, 2.45) is 0 Å². The minimum atomic E-state index is 0.0565. The fraction of sp³-hybridized carbons (Fsp3) is 0.250. The molecule has 0 saturated heterocycles. The molecule has 0 spiro atoms. The number of halogens is 2. The summed E-state index contributed by atoms with van der Waals surface area (Å²) in [6.45, 7) is 2.05. The third-order valence-electron chi connectivity index (χ3n) is 3.19. The van der Waals surface area contributed by atoms with Crippen molar-refractivity contribution in [3.8, 4) is 11.5 Å². The van der Waals surface area contributed by atoms with E-state index in [1.165, 1.54) is 0 Å². The third-order valence-corrected chi connectivity index (χ3v) is 4.44. The summed E-state index contributed by atoms with van der Waals surface area (Å²) in [5, 5.41) is 0.727. The Hall–Kier alpha value is -1.19. The molecule has 0 amide bonds. The van der Waals surface area contributed by atoms with Crippen LogP contribution in [0, 0.1) is 6.92 Å². The highest BCUT2D eigenvalue weighted by Gasteiger charge is 2.16. The molecular weight excluding hydrogens is 340 g/mol. The number of rotatable bonds is 4. The number of benzene rings is 2. The van der Waals surface area contributed by atoms with E-state index in [0.29, 0.717) is 0 Å². The summed E-state index contributed by atoms with van der Waals surface area (Å²) >= 11 is 9.79. The van der Waals surface area contributed by atoms with E-state index in [1.807, 2.05) is 36.4 Å². The van der Waals surface area contributed by atoms with Crippen LogP contribution in [0.3, 0.4) is 0 Å². The molecule has 0 aliphatic carbocycles. The second-order valence-electron chi connectivity index (χ2n) is 4.48. The van der Waals surface area contributed by atoms with Gasteiger partial charge in [0.1, 0.15) is 0 Å². The lowest BCUT2D eigenvalue weighted by Crippen LogP contribution is -1.99. The van der Waals surface area contributed by atoms with Gasteiger partial charge in [0.05, 0.1) is 19.0 Å². The molecule has 0 aliphatic heterocycles. The highest BCUT2D eigenvalue weighted by molar-refractivity contribution is 9.09. The standard InChI is InChI=1S/C16H16BrClO2/c1-10-7-14(19-2)15(20-3)9-13(10)16(17)11-5-4-6-12(18)8-11/h4-9,16H,1-3H3. The van der Waals surface area contributed by atoms with E-state index < -0.39 is 0 Å². The molecule has 0 heterocycles. The Morgan fingerprint density at radius 1 is 1.05 bits per heavy atom. The Morgan fingerprint density at radius 3 is 2.30 bits per heavy atom. The molecular formula is C16H16BrClO2. The summed E-state index contributed by atoms with van der Waals surface area (Å²) in [7, 11) is 3.28. The molecule has 20 heavy (non-hydrogen) atoms. The fourth-order valence-corrected chi connectivity index (χ4v) is 3.09. The van der Waals surface area contributed by atoms with Gasteiger partial charge in [0.2, 0.25) is 0 Å². The van der Waals surface area contributed by atoms with Gasteiger partial charge in [0.25, 0.3) is 0 Å². The van der Waals surface area contributed by atoms with E-state index in [2.05, 4.69) is 22.9 Å². The van der Waals surface area contributed by atoms with E-state index in [4.69, 9.17) is 21.1 Å². The molecule has 1 atom stereocenters. The van der Waals surface area contributed by atoms with Crippen molar-refractivity contribution in [3.63, 3.8) is 0 Å².